The highest BCUT2D eigenvalue weighted by molar-refractivity contribution is 7.99. The summed E-state index contributed by atoms with van der Waals surface area (Å²) < 4.78 is 8.97. The van der Waals surface area contributed by atoms with Gasteiger partial charge in [0.2, 0.25) is 0 Å². The molecule has 0 N–H and O–H groups in total. The molecule has 8 nitrogen and oxygen atoms in total. The van der Waals surface area contributed by atoms with Crippen molar-refractivity contribution in [3.05, 3.63) is 20.8 Å². The van der Waals surface area contributed by atoms with Crippen molar-refractivity contribution in [3.63, 3.8) is 0 Å². The van der Waals surface area contributed by atoms with E-state index in [1.165, 1.54) is 23.4 Å². The van der Waals surface area contributed by atoms with Crippen molar-refractivity contribution in [2.24, 2.45) is 14.1 Å². The normalized spacial score (nSPS) is 11.1. The molecule has 2 aromatic rings. The molecule has 120 valence electrons. The first kappa shape index (κ1) is 16.3. The predicted octanol–water partition coefficient (Wildman–Crippen LogP) is 0.109. The summed E-state index contributed by atoms with van der Waals surface area (Å²) in [4.78, 5) is 40.1. The van der Waals surface area contributed by atoms with Crippen LogP contribution in [0.3, 0.4) is 0 Å². The average molecular weight is 326 g/mol. The molecule has 0 fully saturated rings. The topological polar surface area (TPSA) is 88.1 Å². The maximum absolute atomic E-state index is 12.3. The number of nitrogens with zero attached hydrogens (tertiary/aromatic N) is 4. The number of esters is 1. The van der Waals surface area contributed by atoms with Crippen LogP contribution in [-0.4, -0.2) is 37.0 Å². The van der Waals surface area contributed by atoms with Gasteiger partial charge in [-0.25, -0.2) is 9.78 Å². The van der Waals surface area contributed by atoms with Gasteiger partial charge in [-0.2, -0.15) is 0 Å². The summed E-state index contributed by atoms with van der Waals surface area (Å²) >= 11 is 1.19. The Morgan fingerprint density at radius 2 is 1.91 bits per heavy atom. The zero-order valence-electron chi connectivity index (χ0n) is 13.0. The van der Waals surface area contributed by atoms with Crippen molar-refractivity contribution in [2.45, 2.75) is 25.5 Å². The Morgan fingerprint density at radius 1 is 1.23 bits per heavy atom. The van der Waals surface area contributed by atoms with Gasteiger partial charge in [-0.1, -0.05) is 11.8 Å². The number of aryl methyl sites for hydroxylation is 2. The van der Waals surface area contributed by atoms with Gasteiger partial charge in [0.15, 0.2) is 16.3 Å². The zero-order valence-corrected chi connectivity index (χ0v) is 13.8. The van der Waals surface area contributed by atoms with Gasteiger partial charge >= 0.3 is 11.7 Å². The van der Waals surface area contributed by atoms with E-state index in [1.807, 2.05) is 6.92 Å². The number of carbonyl (C=O) groups is 1. The average Bonchev–Trinajstić information content (AvgIpc) is 2.87. The molecule has 2 aromatic heterocycles. The second-order valence-electron chi connectivity index (χ2n) is 4.61. The monoisotopic (exact) mass is 326 g/mol. The maximum atomic E-state index is 12.3. The van der Waals surface area contributed by atoms with Gasteiger partial charge in [0, 0.05) is 20.6 Å². The van der Waals surface area contributed by atoms with E-state index in [4.69, 9.17) is 4.74 Å². The highest BCUT2D eigenvalue weighted by Gasteiger charge is 2.19. The van der Waals surface area contributed by atoms with Gasteiger partial charge < -0.3 is 9.30 Å². The van der Waals surface area contributed by atoms with Crippen LogP contribution >= 0.6 is 11.8 Å². The molecule has 0 aliphatic heterocycles. The largest absolute Gasteiger partial charge is 0.465 e. The summed E-state index contributed by atoms with van der Waals surface area (Å²) in [5, 5.41) is 0.517. The third-order valence-corrected chi connectivity index (χ3v) is 4.20. The third-order valence-electron chi connectivity index (χ3n) is 3.25. The fraction of sp³-hybridized carbons (Fsp3) is 0.538. The minimum Gasteiger partial charge on any atom is -0.465 e. The Labute approximate surface area is 130 Å². The predicted molar refractivity (Wildman–Crippen MR) is 83.2 cm³/mol. The molecule has 0 atom stereocenters. The molecule has 0 aromatic carbocycles. The molecule has 22 heavy (non-hydrogen) atoms. The zero-order chi connectivity index (χ0) is 16.4. The lowest BCUT2D eigenvalue weighted by atomic mass is 10.5. The van der Waals surface area contributed by atoms with E-state index in [-0.39, 0.29) is 11.7 Å². The number of ether oxygens (including phenoxy) is 1. The number of rotatable bonds is 5. The number of hydrogen-bond donors (Lipinski definition) is 0. The van der Waals surface area contributed by atoms with Crippen molar-refractivity contribution in [1.82, 2.24) is 18.7 Å². The van der Waals surface area contributed by atoms with Crippen LogP contribution in [-0.2, 0) is 30.2 Å². The Hall–Kier alpha value is -2.03. The molecule has 2 heterocycles. The molecule has 0 aliphatic carbocycles. The van der Waals surface area contributed by atoms with Gasteiger partial charge in [0.1, 0.15) is 0 Å². The lowest BCUT2D eigenvalue weighted by Gasteiger charge is -2.06. The van der Waals surface area contributed by atoms with Crippen LogP contribution in [0.1, 0.15) is 13.8 Å². The molecule has 0 bridgehead atoms. The van der Waals surface area contributed by atoms with Crippen molar-refractivity contribution in [3.8, 4) is 0 Å². The Bertz CT molecular complexity index is 833. The first-order valence-corrected chi connectivity index (χ1v) is 7.85. The van der Waals surface area contributed by atoms with E-state index in [2.05, 4.69) is 4.98 Å². The summed E-state index contributed by atoms with van der Waals surface area (Å²) in [7, 11) is 3.00. The lowest BCUT2D eigenvalue weighted by molar-refractivity contribution is -0.139. The van der Waals surface area contributed by atoms with Gasteiger partial charge in [-0.05, 0) is 13.8 Å². The molecule has 2 rings (SSSR count). The van der Waals surface area contributed by atoms with E-state index in [9.17, 15) is 14.4 Å². The van der Waals surface area contributed by atoms with Gasteiger partial charge in [0.25, 0.3) is 5.56 Å². The van der Waals surface area contributed by atoms with Gasteiger partial charge in [-0.3, -0.25) is 18.7 Å². The summed E-state index contributed by atoms with van der Waals surface area (Å²) in [5.74, 6) is -0.241. The highest BCUT2D eigenvalue weighted by atomic mass is 32.2. The molecule has 0 saturated heterocycles. The second-order valence-corrected chi connectivity index (χ2v) is 5.55. The van der Waals surface area contributed by atoms with Crippen molar-refractivity contribution in [2.75, 3.05) is 12.4 Å². The molecule has 0 amide bonds. The Balaban J connectivity index is 2.55. The van der Waals surface area contributed by atoms with Crippen LogP contribution in [0.2, 0.25) is 0 Å². The smallest absolute Gasteiger partial charge is 0.332 e. The van der Waals surface area contributed by atoms with Crippen molar-refractivity contribution in [1.29, 1.82) is 0 Å². The van der Waals surface area contributed by atoms with Crippen LogP contribution in [0.25, 0.3) is 11.2 Å². The fourth-order valence-corrected chi connectivity index (χ4v) is 3.01. The van der Waals surface area contributed by atoms with Crippen LogP contribution in [0.4, 0.5) is 0 Å². The third kappa shape index (κ3) is 2.68. The van der Waals surface area contributed by atoms with Crippen LogP contribution in [0.5, 0.6) is 0 Å². The van der Waals surface area contributed by atoms with Crippen LogP contribution < -0.4 is 11.2 Å². The van der Waals surface area contributed by atoms with E-state index in [0.717, 1.165) is 4.57 Å². The van der Waals surface area contributed by atoms with Gasteiger partial charge in [0.05, 0.1) is 12.4 Å². The number of hydrogen-bond acceptors (Lipinski definition) is 6. The maximum Gasteiger partial charge on any atom is 0.332 e. The standard InChI is InChI=1S/C13H18N4O4S/c1-5-17-9-10(15(3)13(20)16(4)11(9)19)14-12(17)22-7-8(18)21-6-2/h5-7H2,1-4H3. The second kappa shape index (κ2) is 6.39. The lowest BCUT2D eigenvalue weighted by Crippen LogP contribution is -2.37. The molecule has 9 heteroatoms. The number of thioether (sulfide) groups is 1. The molecule has 0 saturated carbocycles. The fourth-order valence-electron chi connectivity index (χ4n) is 2.16. The quantitative estimate of drug-likeness (QED) is 0.572. The van der Waals surface area contributed by atoms with Crippen molar-refractivity contribution >= 4 is 28.9 Å². The number of imidazole rings is 1. The van der Waals surface area contributed by atoms with Gasteiger partial charge in [-0.15, -0.1) is 0 Å². The molecular formula is C13H18N4O4S. The number of fused-ring (bicyclic) bond motifs is 1. The molecule has 0 radical (unpaired) electrons. The molecule has 0 unspecified atom stereocenters. The van der Waals surface area contributed by atoms with Crippen molar-refractivity contribution < 1.29 is 9.53 Å². The number of carbonyl (C=O) groups excluding carboxylic acids is 1. The molecule has 0 spiro atoms. The minimum absolute atomic E-state index is 0.103. The van der Waals surface area contributed by atoms with E-state index < -0.39 is 11.2 Å². The Kier molecular flexibility index (Phi) is 4.74. The summed E-state index contributed by atoms with van der Waals surface area (Å²) in [6.45, 7) is 4.44. The minimum atomic E-state index is -0.430. The first-order valence-electron chi connectivity index (χ1n) is 6.87. The number of aromatic nitrogens is 4. The van der Waals surface area contributed by atoms with E-state index in [0.29, 0.717) is 29.5 Å². The Morgan fingerprint density at radius 3 is 2.50 bits per heavy atom. The highest BCUT2D eigenvalue weighted by Crippen LogP contribution is 2.21. The summed E-state index contributed by atoms with van der Waals surface area (Å²) in [6, 6.07) is 0. The van der Waals surface area contributed by atoms with Crippen LogP contribution in [0.15, 0.2) is 14.7 Å². The SMILES string of the molecule is CCOC(=O)CSc1nc2c(c(=O)n(C)c(=O)n2C)n1CC. The van der Waals surface area contributed by atoms with E-state index >= 15 is 0 Å². The molecular weight excluding hydrogens is 308 g/mol. The van der Waals surface area contributed by atoms with Crippen LogP contribution in [0, 0.1) is 0 Å². The molecule has 0 aliphatic rings. The summed E-state index contributed by atoms with van der Waals surface area (Å²) in [6.07, 6.45) is 0. The summed E-state index contributed by atoms with van der Waals surface area (Å²) in [5.41, 5.74) is -0.143. The van der Waals surface area contributed by atoms with E-state index in [1.54, 1.807) is 18.5 Å². The first-order chi connectivity index (χ1) is 10.4.